The van der Waals surface area contributed by atoms with Crippen LogP contribution in [0.2, 0.25) is 10.0 Å². The number of benzene rings is 1. The van der Waals surface area contributed by atoms with Gasteiger partial charge in [-0.25, -0.2) is 0 Å². The minimum absolute atomic E-state index is 0.217. The summed E-state index contributed by atoms with van der Waals surface area (Å²) < 4.78 is 11.0. The van der Waals surface area contributed by atoms with E-state index in [9.17, 15) is 0 Å². The number of hydrogen-bond acceptors (Lipinski definition) is 4. The fourth-order valence-electron chi connectivity index (χ4n) is 2.33. The molecule has 1 aliphatic heterocycles. The molecule has 1 aliphatic rings. The molecule has 1 aromatic carbocycles. The zero-order valence-electron chi connectivity index (χ0n) is 11.8. The van der Waals surface area contributed by atoms with E-state index in [1.54, 1.807) is 13.2 Å². The highest BCUT2D eigenvalue weighted by atomic mass is 35.5. The van der Waals surface area contributed by atoms with Crippen molar-refractivity contribution in [3.05, 3.63) is 27.7 Å². The molecular weight excluding hydrogens is 299 g/mol. The highest BCUT2D eigenvalue weighted by molar-refractivity contribution is 6.35. The topological polar surface area (TPSA) is 33.7 Å². The smallest absolute Gasteiger partial charge is 0.142 e. The summed E-state index contributed by atoms with van der Waals surface area (Å²) in [6.45, 7) is 4.16. The maximum Gasteiger partial charge on any atom is 0.142 e. The van der Waals surface area contributed by atoms with Gasteiger partial charge in [0.15, 0.2) is 0 Å². The first kappa shape index (κ1) is 15.9. The van der Waals surface area contributed by atoms with Gasteiger partial charge in [0.05, 0.1) is 24.8 Å². The predicted molar refractivity (Wildman–Crippen MR) is 82.0 cm³/mol. The largest absolute Gasteiger partial charge is 0.495 e. The van der Waals surface area contributed by atoms with Crippen LogP contribution in [0.3, 0.4) is 0 Å². The van der Waals surface area contributed by atoms with Crippen LogP contribution < -0.4 is 10.1 Å². The Balaban J connectivity index is 1.90. The highest BCUT2D eigenvalue weighted by Crippen LogP contribution is 2.32. The summed E-state index contributed by atoms with van der Waals surface area (Å²) in [6, 6.07) is 3.55. The second kappa shape index (κ2) is 7.48. The van der Waals surface area contributed by atoms with Gasteiger partial charge in [-0.05, 0) is 19.2 Å². The first-order chi connectivity index (χ1) is 9.60. The Morgan fingerprint density at radius 2 is 2.25 bits per heavy atom. The fraction of sp³-hybridized carbons (Fsp3) is 0.571. The third-order valence-electron chi connectivity index (χ3n) is 3.32. The summed E-state index contributed by atoms with van der Waals surface area (Å²) in [4.78, 5) is 2.27. The molecule has 112 valence electrons. The van der Waals surface area contributed by atoms with Gasteiger partial charge < -0.3 is 19.7 Å². The molecule has 0 aliphatic carbocycles. The zero-order valence-corrected chi connectivity index (χ0v) is 13.3. The van der Waals surface area contributed by atoms with Crippen molar-refractivity contribution >= 4 is 23.2 Å². The van der Waals surface area contributed by atoms with Crippen molar-refractivity contribution in [3.8, 4) is 5.75 Å². The average Bonchev–Trinajstić information content (AvgIpc) is 2.38. The van der Waals surface area contributed by atoms with Crippen molar-refractivity contribution in [2.75, 3.05) is 40.4 Å². The van der Waals surface area contributed by atoms with Crippen LogP contribution in [0.4, 0.5) is 0 Å². The lowest BCUT2D eigenvalue weighted by Gasteiger charge is -2.30. The van der Waals surface area contributed by atoms with Crippen LogP contribution >= 0.6 is 23.2 Å². The standard InChI is InChI=1S/C14H20Cl2N2O2/c1-18-3-4-20-12(9-18)8-17-7-10-5-11(15)6-13(16)14(10)19-2/h5-6,12,17H,3-4,7-9H2,1-2H3. The monoisotopic (exact) mass is 318 g/mol. The van der Waals surface area contributed by atoms with E-state index < -0.39 is 0 Å². The van der Waals surface area contributed by atoms with Gasteiger partial charge in [-0.1, -0.05) is 23.2 Å². The van der Waals surface area contributed by atoms with Crippen molar-refractivity contribution in [2.24, 2.45) is 0 Å². The maximum atomic E-state index is 6.11. The second-order valence-electron chi connectivity index (χ2n) is 4.97. The third kappa shape index (κ3) is 4.24. The molecule has 1 saturated heterocycles. The van der Waals surface area contributed by atoms with Crippen LogP contribution in [0.1, 0.15) is 5.56 Å². The molecule has 0 aromatic heterocycles. The zero-order chi connectivity index (χ0) is 14.5. The number of ether oxygens (including phenoxy) is 2. The Morgan fingerprint density at radius 3 is 2.95 bits per heavy atom. The summed E-state index contributed by atoms with van der Waals surface area (Å²) >= 11 is 12.1. The Labute approximate surface area is 129 Å². The van der Waals surface area contributed by atoms with E-state index in [1.807, 2.05) is 6.07 Å². The van der Waals surface area contributed by atoms with Gasteiger partial charge in [0.25, 0.3) is 0 Å². The van der Waals surface area contributed by atoms with E-state index >= 15 is 0 Å². The lowest BCUT2D eigenvalue weighted by molar-refractivity contribution is -0.0182. The van der Waals surface area contributed by atoms with Crippen molar-refractivity contribution in [2.45, 2.75) is 12.6 Å². The summed E-state index contributed by atoms with van der Waals surface area (Å²) in [6.07, 6.45) is 0.217. The molecule has 0 bridgehead atoms. The van der Waals surface area contributed by atoms with Crippen LogP contribution in [-0.4, -0.2) is 51.4 Å². The molecular formula is C14H20Cl2N2O2. The van der Waals surface area contributed by atoms with Crippen LogP contribution in [-0.2, 0) is 11.3 Å². The van der Waals surface area contributed by atoms with E-state index in [4.69, 9.17) is 32.7 Å². The predicted octanol–water partition coefficient (Wildman–Crippen LogP) is 2.42. The molecule has 0 spiro atoms. The number of halogens is 2. The molecule has 0 amide bonds. The van der Waals surface area contributed by atoms with Crippen LogP contribution in [0, 0.1) is 0 Å². The summed E-state index contributed by atoms with van der Waals surface area (Å²) in [5.74, 6) is 0.672. The van der Waals surface area contributed by atoms with Gasteiger partial charge in [0.2, 0.25) is 0 Å². The minimum atomic E-state index is 0.217. The van der Waals surface area contributed by atoms with Gasteiger partial charge >= 0.3 is 0 Å². The van der Waals surface area contributed by atoms with Crippen molar-refractivity contribution in [1.29, 1.82) is 0 Å². The number of morpholine rings is 1. The maximum absolute atomic E-state index is 6.11. The van der Waals surface area contributed by atoms with E-state index in [0.29, 0.717) is 22.3 Å². The molecule has 6 heteroatoms. The quantitative estimate of drug-likeness (QED) is 0.904. The van der Waals surface area contributed by atoms with Crippen LogP contribution in [0.25, 0.3) is 0 Å². The molecule has 1 aromatic rings. The number of likely N-dealkylation sites (N-methyl/N-ethyl adjacent to an activating group) is 1. The van der Waals surface area contributed by atoms with E-state index in [2.05, 4.69) is 17.3 Å². The van der Waals surface area contributed by atoms with Gasteiger partial charge in [-0.3, -0.25) is 0 Å². The number of nitrogens with zero attached hydrogens (tertiary/aromatic N) is 1. The molecule has 1 heterocycles. The number of nitrogens with one attached hydrogen (secondary N) is 1. The molecule has 0 radical (unpaired) electrons. The minimum Gasteiger partial charge on any atom is -0.495 e. The summed E-state index contributed by atoms with van der Waals surface area (Å²) in [5.41, 5.74) is 0.953. The summed E-state index contributed by atoms with van der Waals surface area (Å²) in [7, 11) is 3.72. The van der Waals surface area contributed by atoms with Gasteiger partial charge in [0.1, 0.15) is 5.75 Å². The lowest BCUT2D eigenvalue weighted by Crippen LogP contribution is -2.44. The normalized spacial score (nSPS) is 20.1. The van der Waals surface area contributed by atoms with Crippen LogP contribution in [0.5, 0.6) is 5.75 Å². The van der Waals surface area contributed by atoms with Gasteiger partial charge in [0, 0.05) is 36.8 Å². The van der Waals surface area contributed by atoms with E-state index in [0.717, 1.165) is 31.8 Å². The molecule has 0 saturated carbocycles. The number of hydrogen-bond donors (Lipinski definition) is 1. The third-order valence-corrected chi connectivity index (χ3v) is 3.82. The highest BCUT2D eigenvalue weighted by Gasteiger charge is 2.17. The Morgan fingerprint density at radius 1 is 1.45 bits per heavy atom. The Bertz CT molecular complexity index is 457. The SMILES string of the molecule is COc1c(Cl)cc(Cl)cc1CNCC1CN(C)CCO1. The number of methoxy groups -OCH3 is 1. The molecule has 1 atom stereocenters. The molecule has 4 nitrogen and oxygen atoms in total. The van der Waals surface area contributed by atoms with E-state index in [1.165, 1.54) is 0 Å². The van der Waals surface area contributed by atoms with Crippen molar-refractivity contribution in [3.63, 3.8) is 0 Å². The van der Waals surface area contributed by atoms with Gasteiger partial charge in [-0.15, -0.1) is 0 Å². The fourth-order valence-corrected chi connectivity index (χ4v) is 2.94. The second-order valence-corrected chi connectivity index (χ2v) is 5.81. The molecule has 20 heavy (non-hydrogen) atoms. The first-order valence-electron chi connectivity index (χ1n) is 6.63. The van der Waals surface area contributed by atoms with Gasteiger partial charge in [-0.2, -0.15) is 0 Å². The summed E-state index contributed by atoms with van der Waals surface area (Å²) in [5, 5.41) is 4.52. The van der Waals surface area contributed by atoms with Crippen LogP contribution in [0.15, 0.2) is 12.1 Å². The average molecular weight is 319 g/mol. The van der Waals surface area contributed by atoms with Crippen molar-refractivity contribution in [1.82, 2.24) is 10.2 Å². The molecule has 1 N–H and O–H groups in total. The number of rotatable bonds is 5. The molecule has 2 rings (SSSR count). The Hall–Kier alpha value is -0.520. The van der Waals surface area contributed by atoms with E-state index in [-0.39, 0.29) is 6.10 Å². The lowest BCUT2D eigenvalue weighted by atomic mass is 10.2. The molecule has 1 unspecified atom stereocenters. The first-order valence-corrected chi connectivity index (χ1v) is 7.38. The van der Waals surface area contributed by atoms with Crippen molar-refractivity contribution < 1.29 is 9.47 Å². The Kier molecular flexibility index (Phi) is 5.93. The molecule has 1 fully saturated rings.